The molecule has 0 spiro atoms. The highest BCUT2D eigenvalue weighted by Crippen LogP contribution is 2.34. The van der Waals surface area contributed by atoms with Crippen LogP contribution in [0.1, 0.15) is 11.1 Å². The first-order valence-electron chi connectivity index (χ1n) is 7.18. The van der Waals surface area contributed by atoms with E-state index in [2.05, 4.69) is 5.32 Å². The average Bonchev–Trinajstić information content (AvgIpc) is 2.61. The summed E-state index contributed by atoms with van der Waals surface area (Å²) in [5.74, 6) is -0.273. The number of halogens is 4. The van der Waals surface area contributed by atoms with Gasteiger partial charge in [-0.3, -0.25) is 4.79 Å². The van der Waals surface area contributed by atoms with Gasteiger partial charge in [-0.25, -0.2) is 0 Å². The molecule has 0 saturated carbocycles. The second-order valence-electron chi connectivity index (χ2n) is 5.09. The topological polar surface area (TPSA) is 62.1 Å². The van der Waals surface area contributed by atoms with Crippen molar-refractivity contribution in [3.63, 3.8) is 0 Å². The monoisotopic (exact) mass is 380 g/mol. The maximum absolute atomic E-state index is 12.8. The highest BCUT2D eigenvalue weighted by molar-refractivity contribution is 6.34. The fourth-order valence-corrected chi connectivity index (χ4v) is 2.17. The predicted molar refractivity (Wildman–Crippen MR) is 91.7 cm³/mol. The van der Waals surface area contributed by atoms with Crippen molar-refractivity contribution in [2.45, 2.75) is 6.18 Å². The summed E-state index contributed by atoms with van der Waals surface area (Å²) in [6.07, 6.45) is -3.28. The van der Waals surface area contributed by atoms with Crippen LogP contribution in [0.15, 0.2) is 48.0 Å². The Kier molecular flexibility index (Phi) is 5.90. The third-order valence-corrected chi connectivity index (χ3v) is 3.66. The Morgan fingerprint density at radius 3 is 2.42 bits per heavy atom. The van der Waals surface area contributed by atoms with Crippen LogP contribution in [0.2, 0.25) is 5.02 Å². The quantitative estimate of drug-likeness (QED) is 0.605. The van der Waals surface area contributed by atoms with E-state index < -0.39 is 17.6 Å². The van der Waals surface area contributed by atoms with E-state index in [1.54, 1.807) is 30.3 Å². The van der Waals surface area contributed by atoms with Gasteiger partial charge in [-0.2, -0.15) is 18.4 Å². The van der Waals surface area contributed by atoms with E-state index >= 15 is 0 Å². The number of alkyl halides is 3. The Hall–Kier alpha value is -2.98. The van der Waals surface area contributed by atoms with Crippen LogP contribution in [-0.2, 0) is 11.0 Å². The first-order chi connectivity index (χ1) is 12.2. The summed E-state index contributed by atoms with van der Waals surface area (Å²) in [6, 6.07) is 10.8. The van der Waals surface area contributed by atoms with E-state index in [9.17, 15) is 23.2 Å². The molecule has 0 saturated heterocycles. The molecule has 26 heavy (non-hydrogen) atoms. The van der Waals surface area contributed by atoms with Gasteiger partial charge in [0, 0.05) is 0 Å². The fourth-order valence-electron chi connectivity index (χ4n) is 2.00. The summed E-state index contributed by atoms with van der Waals surface area (Å²) >= 11 is 5.83. The van der Waals surface area contributed by atoms with Gasteiger partial charge in [0.1, 0.15) is 17.4 Å². The molecule has 0 bridgehead atoms. The third kappa shape index (κ3) is 4.77. The molecular weight excluding hydrogens is 369 g/mol. The second kappa shape index (κ2) is 7.93. The molecule has 4 nitrogen and oxygen atoms in total. The number of methoxy groups -OCH3 is 1. The average molecular weight is 381 g/mol. The van der Waals surface area contributed by atoms with E-state index in [0.29, 0.717) is 17.4 Å². The molecule has 2 aromatic rings. The number of hydrogen-bond donors (Lipinski definition) is 1. The number of hydrogen-bond acceptors (Lipinski definition) is 3. The zero-order valence-corrected chi connectivity index (χ0v) is 14.2. The largest absolute Gasteiger partial charge is 0.497 e. The molecule has 1 N–H and O–H groups in total. The summed E-state index contributed by atoms with van der Waals surface area (Å²) in [5, 5.41) is 11.3. The molecule has 1 amide bonds. The van der Waals surface area contributed by atoms with Crippen LogP contribution in [0.3, 0.4) is 0 Å². The molecule has 0 fully saturated rings. The van der Waals surface area contributed by atoms with Gasteiger partial charge in [0.25, 0.3) is 5.91 Å². The second-order valence-corrected chi connectivity index (χ2v) is 5.50. The Labute approximate surface area is 152 Å². The van der Waals surface area contributed by atoms with E-state index in [0.717, 1.165) is 12.1 Å². The van der Waals surface area contributed by atoms with Gasteiger partial charge in [-0.15, -0.1) is 0 Å². The number of amides is 1. The van der Waals surface area contributed by atoms with Gasteiger partial charge in [-0.05, 0) is 42.0 Å². The third-order valence-electron chi connectivity index (χ3n) is 3.33. The molecular formula is C18H12ClF3N2O2. The molecule has 8 heteroatoms. The zero-order chi connectivity index (χ0) is 19.3. The molecule has 0 heterocycles. The molecule has 0 radical (unpaired) electrons. The van der Waals surface area contributed by atoms with Crippen LogP contribution in [0.5, 0.6) is 5.75 Å². The van der Waals surface area contributed by atoms with Gasteiger partial charge in [0.2, 0.25) is 0 Å². The molecule has 0 aliphatic carbocycles. The van der Waals surface area contributed by atoms with Crippen molar-refractivity contribution in [3.05, 3.63) is 64.2 Å². The zero-order valence-electron chi connectivity index (χ0n) is 13.4. The van der Waals surface area contributed by atoms with E-state index in [-0.39, 0.29) is 16.3 Å². The Balaban J connectivity index is 2.27. The highest BCUT2D eigenvalue weighted by atomic mass is 35.5. The molecule has 0 unspecified atom stereocenters. The normalized spacial score (nSPS) is 11.6. The van der Waals surface area contributed by atoms with Crippen LogP contribution in [0.25, 0.3) is 6.08 Å². The Bertz CT molecular complexity index is 885. The van der Waals surface area contributed by atoms with E-state index in [1.165, 1.54) is 13.2 Å². The minimum absolute atomic E-state index is 0.0758. The van der Waals surface area contributed by atoms with E-state index in [1.807, 2.05) is 0 Å². The van der Waals surface area contributed by atoms with Crippen LogP contribution < -0.4 is 10.1 Å². The number of rotatable bonds is 4. The molecule has 134 valence electrons. The van der Waals surface area contributed by atoms with Crippen molar-refractivity contribution in [2.75, 3.05) is 12.4 Å². The number of carbonyl (C=O) groups is 1. The van der Waals surface area contributed by atoms with Crippen molar-refractivity contribution in [3.8, 4) is 11.8 Å². The van der Waals surface area contributed by atoms with E-state index in [4.69, 9.17) is 16.3 Å². The number of ether oxygens (including phenoxy) is 1. The fraction of sp³-hybridized carbons (Fsp3) is 0.111. The van der Waals surface area contributed by atoms with Crippen LogP contribution in [0.4, 0.5) is 18.9 Å². The summed E-state index contributed by atoms with van der Waals surface area (Å²) in [6.45, 7) is 0. The highest BCUT2D eigenvalue weighted by Gasteiger charge is 2.31. The van der Waals surface area contributed by atoms with Crippen LogP contribution in [-0.4, -0.2) is 13.0 Å². The summed E-state index contributed by atoms with van der Waals surface area (Å²) in [5.41, 5.74) is -0.937. The lowest BCUT2D eigenvalue weighted by Crippen LogP contribution is -2.15. The molecule has 0 aliphatic heterocycles. The molecule has 0 atom stereocenters. The molecule has 0 aliphatic rings. The van der Waals surface area contributed by atoms with Crippen LogP contribution in [0, 0.1) is 11.3 Å². The van der Waals surface area contributed by atoms with Crippen molar-refractivity contribution in [1.82, 2.24) is 0 Å². The van der Waals surface area contributed by atoms with Crippen molar-refractivity contribution in [2.24, 2.45) is 0 Å². The Morgan fingerprint density at radius 2 is 1.88 bits per heavy atom. The van der Waals surface area contributed by atoms with Crippen LogP contribution >= 0.6 is 11.6 Å². The number of nitriles is 1. The standard InChI is InChI=1S/C18H12ClF3N2O2/c1-26-14-5-2-11(3-6-14)8-12(10-23)17(25)24-16-9-13(18(20,21)22)4-7-15(16)19/h2-9H,1H3,(H,24,25). The van der Waals surface area contributed by atoms with Crippen molar-refractivity contribution < 1.29 is 22.7 Å². The number of carbonyl (C=O) groups excluding carboxylic acids is 1. The van der Waals surface area contributed by atoms with Gasteiger partial charge in [-0.1, -0.05) is 23.7 Å². The first kappa shape index (κ1) is 19.3. The minimum Gasteiger partial charge on any atom is -0.497 e. The number of nitrogens with zero attached hydrogens (tertiary/aromatic N) is 1. The maximum Gasteiger partial charge on any atom is 0.416 e. The van der Waals surface area contributed by atoms with Gasteiger partial charge < -0.3 is 10.1 Å². The van der Waals surface area contributed by atoms with Gasteiger partial charge in [0.15, 0.2) is 0 Å². The number of nitrogens with one attached hydrogen (secondary N) is 1. The lowest BCUT2D eigenvalue weighted by molar-refractivity contribution is -0.137. The summed E-state index contributed by atoms with van der Waals surface area (Å²) < 4.78 is 43.4. The van der Waals surface area contributed by atoms with Gasteiger partial charge >= 0.3 is 6.18 Å². The lowest BCUT2D eigenvalue weighted by atomic mass is 10.1. The van der Waals surface area contributed by atoms with Crippen molar-refractivity contribution >= 4 is 29.3 Å². The number of anilines is 1. The van der Waals surface area contributed by atoms with Gasteiger partial charge in [0.05, 0.1) is 23.4 Å². The Morgan fingerprint density at radius 1 is 1.23 bits per heavy atom. The smallest absolute Gasteiger partial charge is 0.416 e. The predicted octanol–water partition coefficient (Wildman–Crippen LogP) is 4.91. The minimum atomic E-state index is -4.58. The molecule has 2 rings (SSSR count). The first-order valence-corrected chi connectivity index (χ1v) is 7.56. The van der Waals surface area contributed by atoms with Crippen molar-refractivity contribution in [1.29, 1.82) is 5.26 Å². The summed E-state index contributed by atoms with van der Waals surface area (Å²) in [4.78, 5) is 12.2. The molecule has 0 aromatic heterocycles. The number of benzene rings is 2. The summed E-state index contributed by atoms with van der Waals surface area (Å²) in [7, 11) is 1.50. The SMILES string of the molecule is COc1ccc(C=C(C#N)C(=O)Nc2cc(C(F)(F)F)ccc2Cl)cc1. The lowest BCUT2D eigenvalue weighted by Gasteiger charge is -2.11. The maximum atomic E-state index is 12.8. The molecule has 2 aromatic carbocycles.